The van der Waals surface area contributed by atoms with Crippen LogP contribution in [-0.2, 0) is 11.2 Å². The van der Waals surface area contributed by atoms with Crippen LogP contribution < -0.4 is 10.5 Å². The summed E-state index contributed by atoms with van der Waals surface area (Å²) in [5.41, 5.74) is 5.75. The van der Waals surface area contributed by atoms with Gasteiger partial charge >= 0.3 is 0 Å². The van der Waals surface area contributed by atoms with Gasteiger partial charge in [0, 0.05) is 23.9 Å². The molecule has 1 atom stereocenters. The molecule has 0 spiro atoms. The van der Waals surface area contributed by atoms with Crippen molar-refractivity contribution in [2.24, 2.45) is 0 Å². The summed E-state index contributed by atoms with van der Waals surface area (Å²) in [6.45, 7) is 6.61. The Labute approximate surface area is 170 Å². The molecule has 0 unspecified atom stereocenters. The van der Waals surface area contributed by atoms with Crippen LogP contribution in [0.15, 0.2) is 59.4 Å². The van der Waals surface area contributed by atoms with E-state index in [2.05, 4.69) is 23.3 Å². The van der Waals surface area contributed by atoms with Gasteiger partial charge in [-0.2, -0.15) is 5.10 Å². The summed E-state index contributed by atoms with van der Waals surface area (Å²) in [6.07, 6.45) is 1.34. The van der Waals surface area contributed by atoms with E-state index in [1.807, 2.05) is 45.0 Å². The van der Waals surface area contributed by atoms with Gasteiger partial charge in [0.05, 0.1) is 5.69 Å². The summed E-state index contributed by atoms with van der Waals surface area (Å²) in [4.78, 5) is 27.8. The Hall–Kier alpha value is -3.21. The van der Waals surface area contributed by atoms with Crippen LogP contribution in [0.25, 0.3) is 11.3 Å². The fourth-order valence-corrected chi connectivity index (χ4v) is 4.00. The van der Waals surface area contributed by atoms with E-state index in [0.29, 0.717) is 18.7 Å². The van der Waals surface area contributed by atoms with Crippen molar-refractivity contribution in [1.29, 1.82) is 0 Å². The Balaban J connectivity index is 1.74. The maximum absolute atomic E-state index is 13.4. The lowest BCUT2D eigenvalue weighted by molar-refractivity contribution is -0.122. The van der Waals surface area contributed by atoms with Crippen molar-refractivity contribution in [3.05, 3.63) is 81.6 Å². The molecule has 0 N–H and O–H groups in total. The van der Waals surface area contributed by atoms with Crippen LogP contribution in [0, 0.1) is 13.8 Å². The number of aryl methyl sites for hydroxylation is 2. The number of carbonyl (C=O) groups is 1. The van der Waals surface area contributed by atoms with Crippen LogP contribution in [0.1, 0.15) is 36.1 Å². The zero-order chi connectivity index (χ0) is 20.5. The highest BCUT2D eigenvalue weighted by Crippen LogP contribution is 2.30. The van der Waals surface area contributed by atoms with E-state index in [0.717, 1.165) is 28.8 Å². The summed E-state index contributed by atoms with van der Waals surface area (Å²) >= 11 is 0. The second-order valence-corrected chi connectivity index (χ2v) is 7.61. The van der Waals surface area contributed by atoms with Gasteiger partial charge in [0.25, 0.3) is 11.5 Å². The molecule has 0 saturated carbocycles. The third kappa shape index (κ3) is 3.48. The van der Waals surface area contributed by atoms with Crippen LogP contribution in [0.5, 0.6) is 0 Å². The first-order valence-corrected chi connectivity index (χ1v) is 10.1. The standard InChI is InChI=1S/C24H25N3O2/c1-4-21(24(29)26-14-13-18-7-5-6-8-22(18)26)27-23(28)12-11-20(25-27)19-15-16(2)9-10-17(19)3/h5-12,15,21H,4,13-14H2,1-3H3/t21-/m0/s1. The third-order valence-electron chi connectivity index (χ3n) is 5.61. The molecule has 0 fully saturated rings. The molecule has 0 bridgehead atoms. The van der Waals surface area contributed by atoms with Gasteiger partial charge in [0.15, 0.2) is 0 Å². The first kappa shape index (κ1) is 19.1. The van der Waals surface area contributed by atoms with Gasteiger partial charge in [0.1, 0.15) is 6.04 Å². The number of fused-ring (bicyclic) bond motifs is 1. The largest absolute Gasteiger partial charge is 0.310 e. The van der Waals surface area contributed by atoms with Crippen molar-refractivity contribution in [3.8, 4) is 11.3 Å². The van der Waals surface area contributed by atoms with Crippen molar-refractivity contribution in [2.45, 2.75) is 39.7 Å². The van der Waals surface area contributed by atoms with E-state index in [1.165, 1.54) is 16.3 Å². The number of anilines is 1. The summed E-state index contributed by atoms with van der Waals surface area (Å²) in [5.74, 6) is -0.0786. The van der Waals surface area contributed by atoms with Crippen molar-refractivity contribution in [1.82, 2.24) is 9.78 Å². The van der Waals surface area contributed by atoms with E-state index in [1.54, 1.807) is 11.0 Å². The summed E-state index contributed by atoms with van der Waals surface area (Å²) in [5, 5.41) is 4.62. The van der Waals surface area contributed by atoms with Crippen molar-refractivity contribution >= 4 is 11.6 Å². The van der Waals surface area contributed by atoms with Gasteiger partial charge in [0.2, 0.25) is 0 Å². The van der Waals surface area contributed by atoms with E-state index < -0.39 is 6.04 Å². The number of benzene rings is 2. The molecule has 5 heteroatoms. The Kier molecular flexibility index (Phi) is 5.05. The molecular formula is C24H25N3O2. The average molecular weight is 387 g/mol. The Morgan fingerprint density at radius 3 is 2.69 bits per heavy atom. The smallest absolute Gasteiger partial charge is 0.267 e. The number of hydrogen-bond donors (Lipinski definition) is 0. The van der Waals surface area contributed by atoms with E-state index in [9.17, 15) is 9.59 Å². The molecule has 1 aliphatic rings. The molecule has 148 valence electrons. The highest BCUT2D eigenvalue weighted by molar-refractivity contribution is 5.98. The maximum atomic E-state index is 13.4. The Morgan fingerprint density at radius 1 is 1.10 bits per heavy atom. The maximum Gasteiger partial charge on any atom is 0.267 e. The topological polar surface area (TPSA) is 55.2 Å². The summed E-state index contributed by atoms with van der Waals surface area (Å²) < 4.78 is 1.36. The van der Waals surface area contributed by atoms with E-state index in [-0.39, 0.29) is 11.5 Å². The molecule has 0 aliphatic carbocycles. The highest BCUT2D eigenvalue weighted by atomic mass is 16.2. The van der Waals surface area contributed by atoms with Crippen LogP contribution in [0.2, 0.25) is 0 Å². The van der Waals surface area contributed by atoms with Crippen LogP contribution >= 0.6 is 0 Å². The van der Waals surface area contributed by atoms with Gasteiger partial charge in [-0.1, -0.05) is 42.8 Å². The monoisotopic (exact) mass is 387 g/mol. The molecule has 1 aromatic heterocycles. The molecule has 1 aliphatic heterocycles. The van der Waals surface area contributed by atoms with Crippen LogP contribution in [0.4, 0.5) is 5.69 Å². The number of hydrogen-bond acceptors (Lipinski definition) is 3. The minimum Gasteiger partial charge on any atom is -0.310 e. The molecule has 5 nitrogen and oxygen atoms in total. The SMILES string of the molecule is CC[C@@H](C(=O)N1CCc2ccccc21)n1nc(-c2cc(C)ccc2C)ccc1=O. The van der Waals surface area contributed by atoms with E-state index in [4.69, 9.17) is 0 Å². The Bertz CT molecular complexity index is 1130. The lowest BCUT2D eigenvalue weighted by Gasteiger charge is -2.24. The molecular weight excluding hydrogens is 362 g/mol. The summed E-state index contributed by atoms with van der Waals surface area (Å²) in [6, 6.07) is 16.7. The lowest BCUT2D eigenvalue weighted by atomic mass is 10.0. The van der Waals surface area contributed by atoms with Gasteiger partial charge in [-0.3, -0.25) is 9.59 Å². The first-order valence-electron chi connectivity index (χ1n) is 10.1. The zero-order valence-corrected chi connectivity index (χ0v) is 17.1. The fourth-order valence-electron chi connectivity index (χ4n) is 4.00. The van der Waals surface area contributed by atoms with Crippen LogP contribution in [0.3, 0.4) is 0 Å². The minimum atomic E-state index is -0.626. The molecule has 0 radical (unpaired) electrons. The van der Waals surface area contributed by atoms with Crippen molar-refractivity contribution < 1.29 is 4.79 Å². The van der Waals surface area contributed by atoms with Crippen molar-refractivity contribution in [2.75, 3.05) is 11.4 Å². The average Bonchev–Trinajstić information content (AvgIpc) is 3.16. The predicted molar refractivity (Wildman–Crippen MR) is 115 cm³/mol. The lowest BCUT2D eigenvalue weighted by Crippen LogP contribution is -2.40. The zero-order valence-electron chi connectivity index (χ0n) is 17.1. The predicted octanol–water partition coefficient (Wildman–Crippen LogP) is 4.07. The molecule has 1 amide bonds. The number of nitrogens with zero attached hydrogens (tertiary/aromatic N) is 3. The van der Waals surface area contributed by atoms with Gasteiger partial charge in [-0.05, 0) is 56.0 Å². The quantitative estimate of drug-likeness (QED) is 0.678. The number of aromatic nitrogens is 2. The van der Waals surface area contributed by atoms with Crippen molar-refractivity contribution in [3.63, 3.8) is 0 Å². The second kappa shape index (κ2) is 7.66. The number of amides is 1. The molecule has 2 aromatic carbocycles. The van der Waals surface area contributed by atoms with Gasteiger partial charge in [-0.15, -0.1) is 0 Å². The summed E-state index contributed by atoms with van der Waals surface area (Å²) in [7, 11) is 0. The first-order chi connectivity index (χ1) is 14.0. The normalized spacial score (nSPS) is 14.0. The molecule has 0 saturated heterocycles. The van der Waals surface area contributed by atoms with Crippen LogP contribution in [-0.4, -0.2) is 22.2 Å². The Morgan fingerprint density at radius 2 is 1.90 bits per heavy atom. The minimum absolute atomic E-state index is 0.0786. The van der Waals surface area contributed by atoms with Gasteiger partial charge in [-0.25, -0.2) is 4.68 Å². The van der Waals surface area contributed by atoms with E-state index >= 15 is 0 Å². The molecule has 2 heterocycles. The molecule has 3 aromatic rings. The third-order valence-corrected chi connectivity index (χ3v) is 5.61. The fraction of sp³-hybridized carbons (Fsp3) is 0.292. The molecule has 4 rings (SSSR count). The second-order valence-electron chi connectivity index (χ2n) is 7.61. The number of carbonyl (C=O) groups excluding carboxylic acids is 1. The highest BCUT2D eigenvalue weighted by Gasteiger charge is 2.31. The van der Waals surface area contributed by atoms with Gasteiger partial charge < -0.3 is 4.90 Å². The number of rotatable bonds is 4. The number of para-hydroxylation sites is 1. The molecule has 29 heavy (non-hydrogen) atoms.